The number of rotatable bonds is 6. The van der Waals surface area contributed by atoms with Crippen LogP contribution >= 0.6 is 11.3 Å². The molecule has 10 aromatic rings. The van der Waals surface area contributed by atoms with E-state index in [1.807, 2.05) is 11.3 Å². The van der Waals surface area contributed by atoms with E-state index in [1.54, 1.807) is 0 Å². The highest BCUT2D eigenvalue weighted by Crippen LogP contribution is 2.46. The Morgan fingerprint density at radius 3 is 1.65 bits per heavy atom. The number of anilines is 3. The molecule has 0 spiro atoms. The number of nitrogens with zero attached hydrogens (tertiary/aromatic N) is 1. The van der Waals surface area contributed by atoms with Crippen LogP contribution in [0.1, 0.15) is 0 Å². The minimum atomic E-state index is 1.12. The summed E-state index contributed by atoms with van der Waals surface area (Å²) in [6.07, 6.45) is 0. The van der Waals surface area contributed by atoms with Crippen LogP contribution < -0.4 is 4.90 Å². The molecule has 52 heavy (non-hydrogen) atoms. The van der Waals surface area contributed by atoms with Crippen molar-refractivity contribution in [3.05, 3.63) is 200 Å². The fourth-order valence-corrected chi connectivity index (χ4v) is 8.98. The molecule has 0 fully saturated rings. The fourth-order valence-electron chi connectivity index (χ4n) is 7.85. The molecule has 0 aliphatic carbocycles. The van der Waals surface area contributed by atoms with Gasteiger partial charge in [0.1, 0.15) is 0 Å². The van der Waals surface area contributed by atoms with Crippen LogP contribution in [0.5, 0.6) is 0 Å². The van der Waals surface area contributed by atoms with Crippen LogP contribution in [0.25, 0.3) is 75.1 Å². The topological polar surface area (TPSA) is 3.24 Å². The van der Waals surface area contributed by atoms with E-state index in [4.69, 9.17) is 0 Å². The summed E-state index contributed by atoms with van der Waals surface area (Å²) in [6.45, 7) is 0. The van der Waals surface area contributed by atoms with Crippen LogP contribution in [-0.2, 0) is 0 Å². The van der Waals surface area contributed by atoms with Crippen LogP contribution in [0.3, 0.4) is 0 Å². The third-order valence-corrected chi connectivity index (χ3v) is 11.4. The van der Waals surface area contributed by atoms with Gasteiger partial charge in [-0.05, 0) is 97.4 Å². The summed E-state index contributed by atoms with van der Waals surface area (Å²) in [5.74, 6) is 0. The summed E-state index contributed by atoms with van der Waals surface area (Å²) in [6, 6.07) is 72.9. The lowest BCUT2D eigenvalue weighted by Crippen LogP contribution is -2.10. The van der Waals surface area contributed by atoms with Crippen LogP contribution in [0.15, 0.2) is 200 Å². The average Bonchev–Trinajstić information content (AvgIpc) is 3.61. The van der Waals surface area contributed by atoms with Crippen molar-refractivity contribution in [2.75, 3.05) is 4.90 Å². The van der Waals surface area contributed by atoms with Crippen molar-refractivity contribution in [3.8, 4) is 33.4 Å². The second kappa shape index (κ2) is 12.7. The van der Waals surface area contributed by atoms with Gasteiger partial charge in [-0.15, -0.1) is 11.3 Å². The van der Waals surface area contributed by atoms with Gasteiger partial charge in [0.05, 0.1) is 5.69 Å². The van der Waals surface area contributed by atoms with E-state index in [9.17, 15) is 0 Å². The van der Waals surface area contributed by atoms with E-state index in [-0.39, 0.29) is 0 Å². The third-order valence-electron chi connectivity index (χ3n) is 10.3. The van der Waals surface area contributed by atoms with E-state index in [0.717, 1.165) is 11.4 Å². The van der Waals surface area contributed by atoms with Gasteiger partial charge >= 0.3 is 0 Å². The SMILES string of the molecule is c1ccc(-c2ccc3ccccc3c2-c2ccc(N(c3ccc(-c4cccc5ccccc45)cc3)c3cccc4sc5ccccc5c34)cc2)cc1. The first-order valence-corrected chi connectivity index (χ1v) is 18.6. The molecule has 1 nitrogen and oxygen atoms in total. The van der Waals surface area contributed by atoms with E-state index in [1.165, 1.54) is 80.8 Å². The highest BCUT2D eigenvalue weighted by molar-refractivity contribution is 7.26. The molecule has 244 valence electrons. The van der Waals surface area contributed by atoms with Gasteiger partial charge in [-0.2, -0.15) is 0 Å². The lowest BCUT2D eigenvalue weighted by Gasteiger charge is -2.27. The molecule has 0 saturated carbocycles. The monoisotopic (exact) mass is 679 g/mol. The molecule has 0 atom stereocenters. The minimum absolute atomic E-state index is 1.12. The Morgan fingerprint density at radius 1 is 0.327 bits per heavy atom. The van der Waals surface area contributed by atoms with Crippen molar-refractivity contribution < 1.29 is 0 Å². The molecular formula is C50H33NS. The van der Waals surface area contributed by atoms with Crippen molar-refractivity contribution in [1.29, 1.82) is 0 Å². The fraction of sp³-hybridized carbons (Fsp3) is 0. The van der Waals surface area contributed by atoms with Gasteiger partial charge in [0, 0.05) is 31.5 Å². The van der Waals surface area contributed by atoms with Crippen LogP contribution in [0.4, 0.5) is 17.1 Å². The first-order chi connectivity index (χ1) is 25.8. The molecule has 0 N–H and O–H groups in total. The second-order valence-electron chi connectivity index (χ2n) is 13.3. The standard InChI is InChI=1S/C50H33NS/c1-2-12-35(13-3-1)44-33-28-36-15-5-7-18-43(36)49(44)38-26-31-40(32-27-38)51(46-21-11-23-48-50(46)45-19-8-9-22-47(45)52-48)39-29-24-37(25-30-39)42-20-10-16-34-14-4-6-17-41(34)42/h1-33H. The first kappa shape index (κ1) is 30.4. The third kappa shape index (κ3) is 5.16. The van der Waals surface area contributed by atoms with E-state index >= 15 is 0 Å². The zero-order chi connectivity index (χ0) is 34.4. The van der Waals surface area contributed by atoms with Gasteiger partial charge < -0.3 is 4.90 Å². The molecular weight excluding hydrogens is 647 g/mol. The highest BCUT2D eigenvalue weighted by Gasteiger charge is 2.20. The van der Waals surface area contributed by atoms with E-state index < -0.39 is 0 Å². The molecule has 0 radical (unpaired) electrons. The molecule has 2 heteroatoms. The predicted octanol–water partition coefficient (Wildman–Crippen LogP) is 14.8. The Balaban J connectivity index is 1.15. The molecule has 0 saturated heterocycles. The predicted molar refractivity (Wildman–Crippen MR) is 225 cm³/mol. The number of fused-ring (bicyclic) bond motifs is 5. The molecule has 0 aliphatic heterocycles. The smallest absolute Gasteiger partial charge is 0.0554 e. The summed E-state index contributed by atoms with van der Waals surface area (Å²) < 4.78 is 2.59. The maximum atomic E-state index is 2.43. The molecule has 0 aliphatic rings. The van der Waals surface area contributed by atoms with Gasteiger partial charge in [0.15, 0.2) is 0 Å². The van der Waals surface area contributed by atoms with Crippen molar-refractivity contribution >= 4 is 70.1 Å². The van der Waals surface area contributed by atoms with Gasteiger partial charge in [-0.1, -0.05) is 158 Å². The highest BCUT2D eigenvalue weighted by atomic mass is 32.1. The number of thiophene rings is 1. The number of benzene rings is 9. The summed E-state index contributed by atoms with van der Waals surface area (Å²) in [5.41, 5.74) is 10.8. The Kier molecular flexibility index (Phi) is 7.41. The molecule has 10 rings (SSSR count). The Labute approximate surface area is 307 Å². The largest absolute Gasteiger partial charge is 0.310 e. The Morgan fingerprint density at radius 2 is 0.885 bits per heavy atom. The average molecular weight is 680 g/mol. The van der Waals surface area contributed by atoms with Crippen LogP contribution in [-0.4, -0.2) is 0 Å². The molecule has 1 heterocycles. The summed E-state index contributed by atoms with van der Waals surface area (Å²) in [7, 11) is 0. The van der Waals surface area contributed by atoms with E-state index in [0.29, 0.717) is 0 Å². The molecule has 0 unspecified atom stereocenters. The summed E-state index contributed by atoms with van der Waals surface area (Å²) >= 11 is 1.86. The van der Waals surface area contributed by atoms with Gasteiger partial charge in [0.2, 0.25) is 0 Å². The van der Waals surface area contributed by atoms with Gasteiger partial charge in [-0.3, -0.25) is 0 Å². The van der Waals surface area contributed by atoms with Crippen molar-refractivity contribution in [3.63, 3.8) is 0 Å². The summed E-state index contributed by atoms with van der Waals surface area (Å²) in [5, 5.41) is 7.59. The maximum Gasteiger partial charge on any atom is 0.0554 e. The zero-order valence-electron chi connectivity index (χ0n) is 28.4. The minimum Gasteiger partial charge on any atom is -0.310 e. The van der Waals surface area contributed by atoms with E-state index in [2.05, 4.69) is 205 Å². The number of hydrogen-bond acceptors (Lipinski definition) is 2. The van der Waals surface area contributed by atoms with Gasteiger partial charge in [-0.25, -0.2) is 0 Å². The Bertz CT molecular complexity index is 2880. The van der Waals surface area contributed by atoms with Crippen LogP contribution in [0.2, 0.25) is 0 Å². The molecule has 9 aromatic carbocycles. The van der Waals surface area contributed by atoms with Crippen molar-refractivity contribution in [2.45, 2.75) is 0 Å². The quantitative estimate of drug-likeness (QED) is 0.169. The zero-order valence-corrected chi connectivity index (χ0v) is 29.2. The summed E-state index contributed by atoms with van der Waals surface area (Å²) in [4.78, 5) is 2.43. The molecule has 0 bridgehead atoms. The maximum absolute atomic E-state index is 2.43. The lowest BCUT2D eigenvalue weighted by atomic mass is 9.89. The lowest BCUT2D eigenvalue weighted by molar-refractivity contribution is 1.30. The normalized spacial score (nSPS) is 11.5. The van der Waals surface area contributed by atoms with Crippen molar-refractivity contribution in [2.24, 2.45) is 0 Å². The first-order valence-electron chi connectivity index (χ1n) is 17.8. The Hall–Kier alpha value is -6.48. The molecule has 1 aromatic heterocycles. The van der Waals surface area contributed by atoms with Crippen LogP contribution in [0, 0.1) is 0 Å². The second-order valence-corrected chi connectivity index (χ2v) is 14.4. The van der Waals surface area contributed by atoms with Gasteiger partial charge in [0.25, 0.3) is 0 Å². The van der Waals surface area contributed by atoms with Crippen molar-refractivity contribution in [1.82, 2.24) is 0 Å². The molecule has 0 amide bonds. The number of hydrogen-bond donors (Lipinski definition) is 0.